The van der Waals surface area contributed by atoms with Gasteiger partial charge < -0.3 is 5.32 Å². The summed E-state index contributed by atoms with van der Waals surface area (Å²) in [6, 6.07) is 5.36. The zero-order chi connectivity index (χ0) is 21.4. The number of fused-ring (bicyclic) bond motifs is 1. The lowest BCUT2D eigenvalue weighted by Crippen LogP contribution is -2.54. The summed E-state index contributed by atoms with van der Waals surface area (Å²) in [5.74, 6) is -1.84. The molecular weight excluding hydrogens is 384 g/mol. The molecule has 8 heteroatoms. The first-order chi connectivity index (χ1) is 14.3. The molecule has 3 aliphatic heterocycles. The highest BCUT2D eigenvalue weighted by molar-refractivity contribution is 6.24. The monoisotopic (exact) mass is 412 g/mol. The molecule has 0 aliphatic carbocycles. The van der Waals surface area contributed by atoms with Gasteiger partial charge in [0.25, 0.3) is 11.8 Å². The molecule has 30 heavy (non-hydrogen) atoms. The van der Waals surface area contributed by atoms with E-state index in [-0.39, 0.29) is 18.7 Å². The van der Waals surface area contributed by atoms with Crippen molar-refractivity contribution in [3.63, 3.8) is 0 Å². The second-order valence-electron chi connectivity index (χ2n) is 8.66. The number of carbonyl (C=O) groups excluding carboxylic acids is 4. The fourth-order valence-corrected chi connectivity index (χ4v) is 4.69. The maximum absolute atomic E-state index is 13.2. The van der Waals surface area contributed by atoms with Crippen LogP contribution < -0.4 is 10.6 Å². The molecule has 2 saturated heterocycles. The summed E-state index contributed by atoms with van der Waals surface area (Å²) < 4.78 is 0. The maximum atomic E-state index is 13.2. The first-order valence-electron chi connectivity index (χ1n) is 10.7. The van der Waals surface area contributed by atoms with Crippen molar-refractivity contribution in [1.29, 1.82) is 0 Å². The number of piperidine rings is 2. The molecule has 3 heterocycles. The van der Waals surface area contributed by atoms with Gasteiger partial charge in [0.2, 0.25) is 11.8 Å². The summed E-state index contributed by atoms with van der Waals surface area (Å²) in [5.41, 5.74) is 1.56. The molecular formula is C22H28N4O4. The summed E-state index contributed by atoms with van der Waals surface area (Å²) in [5, 5.41) is 5.81. The molecule has 2 fully saturated rings. The summed E-state index contributed by atoms with van der Waals surface area (Å²) in [4.78, 5) is 53.2. The second-order valence-corrected chi connectivity index (χ2v) is 8.66. The Hall–Kier alpha value is -2.58. The molecule has 0 radical (unpaired) electrons. The SMILES string of the molecule is CC(C)NC1CCN(Cc2cccc3c2C(=O)N(C2CCC(=O)NC2=O)C3=O)CC1. The van der Waals surface area contributed by atoms with Crippen LogP contribution in [0.25, 0.3) is 0 Å². The van der Waals surface area contributed by atoms with Crippen LogP contribution in [0.2, 0.25) is 0 Å². The highest BCUT2D eigenvalue weighted by atomic mass is 16.2. The standard InChI is InChI=1S/C22H28N4O4/c1-13(2)23-15-8-10-25(11-9-15)12-14-4-3-5-16-19(14)22(30)26(21(16)29)17-6-7-18(27)24-20(17)28/h3-5,13,15,17,23H,6-12H2,1-2H3,(H,24,27,28). The van der Waals surface area contributed by atoms with Gasteiger partial charge in [0, 0.05) is 25.0 Å². The quantitative estimate of drug-likeness (QED) is 0.702. The van der Waals surface area contributed by atoms with Crippen molar-refractivity contribution in [2.45, 2.75) is 64.2 Å². The number of likely N-dealkylation sites (tertiary alicyclic amines) is 1. The Bertz CT molecular complexity index is 889. The van der Waals surface area contributed by atoms with Crippen LogP contribution in [0.5, 0.6) is 0 Å². The normalized spacial score (nSPS) is 23.3. The number of imide groups is 2. The van der Waals surface area contributed by atoms with Crippen molar-refractivity contribution in [2.75, 3.05) is 13.1 Å². The van der Waals surface area contributed by atoms with Gasteiger partial charge in [-0.25, -0.2) is 0 Å². The molecule has 1 aromatic carbocycles. The number of nitrogens with one attached hydrogen (secondary N) is 2. The molecule has 0 spiro atoms. The van der Waals surface area contributed by atoms with E-state index in [1.165, 1.54) is 0 Å². The molecule has 1 unspecified atom stereocenters. The summed E-state index contributed by atoms with van der Waals surface area (Å²) in [6.07, 6.45) is 2.38. The fraction of sp³-hybridized carbons (Fsp3) is 0.545. The van der Waals surface area contributed by atoms with Crippen LogP contribution in [0.1, 0.15) is 65.8 Å². The molecule has 2 N–H and O–H groups in total. The van der Waals surface area contributed by atoms with Crippen molar-refractivity contribution in [2.24, 2.45) is 0 Å². The molecule has 4 rings (SSSR count). The van der Waals surface area contributed by atoms with Crippen LogP contribution >= 0.6 is 0 Å². The number of hydrogen-bond acceptors (Lipinski definition) is 6. The first kappa shape index (κ1) is 20.7. The van der Waals surface area contributed by atoms with Crippen molar-refractivity contribution in [1.82, 2.24) is 20.4 Å². The third-order valence-electron chi connectivity index (χ3n) is 6.10. The number of carbonyl (C=O) groups is 4. The minimum Gasteiger partial charge on any atom is -0.312 e. The lowest BCUT2D eigenvalue weighted by atomic mass is 9.99. The van der Waals surface area contributed by atoms with Crippen LogP contribution in [0, 0.1) is 0 Å². The largest absolute Gasteiger partial charge is 0.312 e. The van der Waals surface area contributed by atoms with Gasteiger partial charge in [0.1, 0.15) is 6.04 Å². The molecule has 8 nitrogen and oxygen atoms in total. The molecule has 160 valence electrons. The third kappa shape index (κ3) is 3.89. The molecule has 1 aromatic rings. The van der Waals surface area contributed by atoms with E-state index in [1.54, 1.807) is 12.1 Å². The van der Waals surface area contributed by atoms with Crippen LogP contribution in [-0.4, -0.2) is 64.6 Å². The second kappa shape index (κ2) is 8.28. The number of benzene rings is 1. The van der Waals surface area contributed by atoms with Gasteiger partial charge in [0.15, 0.2) is 0 Å². The molecule has 1 atom stereocenters. The fourth-order valence-electron chi connectivity index (χ4n) is 4.69. The number of rotatable bonds is 5. The molecule has 0 saturated carbocycles. The lowest BCUT2D eigenvalue weighted by molar-refractivity contribution is -0.136. The van der Waals surface area contributed by atoms with Crippen molar-refractivity contribution >= 4 is 23.6 Å². The van der Waals surface area contributed by atoms with Gasteiger partial charge in [-0.1, -0.05) is 26.0 Å². The molecule has 3 aliphatic rings. The van der Waals surface area contributed by atoms with E-state index in [9.17, 15) is 19.2 Å². The Kier molecular flexibility index (Phi) is 5.71. The smallest absolute Gasteiger partial charge is 0.262 e. The summed E-state index contributed by atoms with van der Waals surface area (Å²) in [6.45, 7) is 6.74. The number of hydrogen-bond donors (Lipinski definition) is 2. The highest BCUT2D eigenvalue weighted by Crippen LogP contribution is 2.31. The predicted octanol–water partition coefficient (Wildman–Crippen LogP) is 1.05. The van der Waals surface area contributed by atoms with Crippen LogP contribution in [0.3, 0.4) is 0 Å². The Balaban J connectivity index is 1.50. The highest BCUT2D eigenvalue weighted by Gasteiger charge is 2.45. The minimum absolute atomic E-state index is 0.121. The van der Waals surface area contributed by atoms with Crippen LogP contribution in [0.15, 0.2) is 18.2 Å². The van der Waals surface area contributed by atoms with E-state index < -0.39 is 23.8 Å². The zero-order valence-electron chi connectivity index (χ0n) is 17.4. The Morgan fingerprint density at radius 3 is 2.47 bits per heavy atom. The minimum atomic E-state index is -0.930. The van der Waals surface area contributed by atoms with Gasteiger partial charge in [-0.3, -0.25) is 34.3 Å². The van der Waals surface area contributed by atoms with E-state index in [4.69, 9.17) is 0 Å². The topological polar surface area (TPSA) is 98.8 Å². The Morgan fingerprint density at radius 2 is 1.80 bits per heavy atom. The van der Waals surface area contributed by atoms with Gasteiger partial charge in [-0.2, -0.15) is 0 Å². The maximum Gasteiger partial charge on any atom is 0.262 e. The summed E-state index contributed by atoms with van der Waals surface area (Å²) >= 11 is 0. The lowest BCUT2D eigenvalue weighted by Gasteiger charge is -2.33. The van der Waals surface area contributed by atoms with Crippen molar-refractivity contribution in [3.8, 4) is 0 Å². The average molecular weight is 412 g/mol. The Labute approximate surface area is 176 Å². The van der Waals surface area contributed by atoms with Crippen LogP contribution in [0.4, 0.5) is 0 Å². The van der Waals surface area contributed by atoms with Gasteiger partial charge in [0.05, 0.1) is 11.1 Å². The summed E-state index contributed by atoms with van der Waals surface area (Å²) in [7, 11) is 0. The van der Waals surface area contributed by atoms with E-state index in [1.807, 2.05) is 6.07 Å². The first-order valence-corrected chi connectivity index (χ1v) is 10.7. The van der Waals surface area contributed by atoms with E-state index in [0.29, 0.717) is 29.8 Å². The van der Waals surface area contributed by atoms with Crippen molar-refractivity contribution in [3.05, 3.63) is 34.9 Å². The van der Waals surface area contributed by atoms with E-state index >= 15 is 0 Å². The molecule has 0 aromatic heterocycles. The number of nitrogens with zero attached hydrogens (tertiary/aromatic N) is 2. The predicted molar refractivity (Wildman–Crippen MR) is 110 cm³/mol. The molecule has 4 amide bonds. The van der Waals surface area contributed by atoms with Gasteiger partial charge in [-0.05, 0) is 44.0 Å². The number of amides is 4. The van der Waals surface area contributed by atoms with E-state index in [2.05, 4.69) is 29.4 Å². The Morgan fingerprint density at radius 1 is 1.07 bits per heavy atom. The average Bonchev–Trinajstić information content (AvgIpc) is 2.95. The molecule has 0 bridgehead atoms. The zero-order valence-corrected chi connectivity index (χ0v) is 17.4. The van der Waals surface area contributed by atoms with Crippen molar-refractivity contribution < 1.29 is 19.2 Å². The third-order valence-corrected chi connectivity index (χ3v) is 6.10. The van der Waals surface area contributed by atoms with Crippen LogP contribution in [-0.2, 0) is 16.1 Å². The van der Waals surface area contributed by atoms with Gasteiger partial charge >= 0.3 is 0 Å². The van der Waals surface area contributed by atoms with E-state index in [0.717, 1.165) is 36.4 Å². The van der Waals surface area contributed by atoms with Gasteiger partial charge in [-0.15, -0.1) is 0 Å².